The zero-order valence-corrected chi connectivity index (χ0v) is 18.3. The summed E-state index contributed by atoms with van der Waals surface area (Å²) in [5.41, 5.74) is 3.23. The van der Waals surface area contributed by atoms with E-state index in [-0.39, 0.29) is 0 Å². The zero-order chi connectivity index (χ0) is 19.3. The Morgan fingerprint density at radius 3 is 2.32 bits per heavy atom. The Hall–Kier alpha value is -1.48. The van der Waals surface area contributed by atoms with Crippen molar-refractivity contribution in [2.45, 2.75) is 19.5 Å². The van der Waals surface area contributed by atoms with Gasteiger partial charge in [0.15, 0.2) is 0 Å². The van der Waals surface area contributed by atoms with Gasteiger partial charge >= 0.3 is 0 Å². The van der Waals surface area contributed by atoms with Gasteiger partial charge in [-0.3, -0.25) is 0 Å². The smallest absolute Gasteiger partial charge is 0.0170 e. The van der Waals surface area contributed by atoms with E-state index in [2.05, 4.69) is 112 Å². The van der Waals surface area contributed by atoms with Crippen molar-refractivity contribution >= 4 is 33.1 Å². The van der Waals surface area contributed by atoms with E-state index in [1.165, 1.54) is 38.9 Å². The molecule has 1 saturated carbocycles. The van der Waals surface area contributed by atoms with Gasteiger partial charge in [0, 0.05) is 5.92 Å². The molecule has 5 radical (unpaired) electrons. The Morgan fingerprint density at radius 1 is 0.750 bits per heavy atom. The first-order valence-corrected chi connectivity index (χ1v) is 11.8. The second kappa shape index (κ2) is 9.35. The molecule has 0 heterocycles. The van der Waals surface area contributed by atoms with E-state index < -0.39 is 0 Å². The van der Waals surface area contributed by atoms with Crippen molar-refractivity contribution in [1.82, 2.24) is 0 Å². The van der Waals surface area contributed by atoms with Gasteiger partial charge in [-0.15, -0.1) is 0 Å². The molecule has 0 spiro atoms. The molecular formula is C26H25P2. The molecule has 3 unspecified atom stereocenters. The molecule has 0 amide bonds. The Morgan fingerprint density at radius 2 is 1.50 bits per heavy atom. The van der Waals surface area contributed by atoms with Crippen LogP contribution in [-0.2, 0) is 0 Å². The van der Waals surface area contributed by atoms with Crippen molar-refractivity contribution in [2.75, 3.05) is 0 Å². The van der Waals surface area contributed by atoms with E-state index in [1.807, 2.05) is 0 Å². The summed E-state index contributed by atoms with van der Waals surface area (Å²) in [5.74, 6) is 2.86. The monoisotopic (exact) mass is 399 g/mol. The molecule has 0 saturated heterocycles. The second-order valence-electron chi connectivity index (χ2n) is 7.17. The second-order valence-corrected chi connectivity index (χ2v) is 10.3. The van der Waals surface area contributed by atoms with Crippen LogP contribution in [0.2, 0.25) is 0 Å². The highest BCUT2D eigenvalue weighted by Gasteiger charge is 2.35. The number of hydrogen-bond donors (Lipinski definition) is 0. The largest absolute Gasteiger partial charge is 0.0869 e. The van der Waals surface area contributed by atoms with Gasteiger partial charge in [-0.05, 0) is 59.2 Å². The highest BCUT2D eigenvalue weighted by atomic mass is 31.1. The van der Waals surface area contributed by atoms with Crippen LogP contribution in [0.15, 0.2) is 78.9 Å². The fourth-order valence-electron chi connectivity index (χ4n) is 3.62. The van der Waals surface area contributed by atoms with Crippen LogP contribution in [0, 0.1) is 38.0 Å². The van der Waals surface area contributed by atoms with Crippen LogP contribution in [0.25, 0.3) is 0 Å². The Labute approximate surface area is 173 Å². The van der Waals surface area contributed by atoms with Crippen LogP contribution < -0.4 is 15.9 Å². The predicted molar refractivity (Wildman–Crippen MR) is 128 cm³/mol. The standard InChI is InChI=1S/C26H25P2/c1-19-10-8-13-22(18-19)28-26-17-7-6-14-25(26)24-16-9-15-23(24)20(2)27-21-11-4-3-5-12-21/h3-18,20,27-28H,1-2H3. The molecule has 28 heavy (non-hydrogen) atoms. The molecule has 3 atom stereocenters. The van der Waals surface area contributed by atoms with E-state index in [0.29, 0.717) is 14.2 Å². The van der Waals surface area contributed by atoms with E-state index in [1.54, 1.807) is 0 Å². The van der Waals surface area contributed by atoms with Crippen molar-refractivity contribution in [2.24, 2.45) is 0 Å². The summed E-state index contributed by atoms with van der Waals surface area (Å²) in [6.07, 6.45) is 6.81. The zero-order valence-electron chi connectivity index (χ0n) is 16.3. The van der Waals surface area contributed by atoms with E-state index >= 15 is 0 Å². The van der Waals surface area contributed by atoms with Gasteiger partial charge in [0.2, 0.25) is 0 Å². The first-order chi connectivity index (χ1) is 13.7. The summed E-state index contributed by atoms with van der Waals surface area (Å²) in [4.78, 5) is 0. The number of hydrogen-bond acceptors (Lipinski definition) is 0. The van der Waals surface area contributed by atoms with Crippen molar-refractivity contribution in [1.29, 1.82) is 0 Å². The first-order valence-electron chi connectivity index (χ1n) is 9.71. The lowest BCUT2D eigenvalue weighted by Gasteiger charge is -2.26. The molecule has 1 aliphatic rings. The third kappa shape index (κ3) is 4.74. The van der Waals surface area contributed by atoms with Gasteiger partial charge < -0.3 is 0 Å². The van der Waals surface area contributed by atoms with Gasteiger partial charge in [-0.2, -0.15) is 0 Å². The molecule has 3 aromatic carbocycles. The van der Waals surface area contributed by atoms with Gasteiger partial charge in [0.05, 0.1) is 0 Å². The molecule has 0 nitrogen and oxygen atoms in total. The van der Waals surface area contributed by atoms with Gasteiger partial charge in [0.25, 0.3) is 0 Å². The molecule has 0 bridgehead atoms. The number of rotatable bonds is 6. The fourth-order valence-corrected chi connectivity index (χ4v) is 6.24. The highest BCUT2D eigenvalue weighted by molar-refractivity contribution is 7.55. The van der Waals surface area contributed by atoms with Crippen LogP contribution in [0.4, 0.5) is 0 Å². The molecule has 2 heteroatoms. The third-order valence-electron chi connectivity index (χ3n) is 4.99. The lowest BCUT2D eigenvalue weighted by atomic mass is 9.87. The maximum atomic E-state index is 2.36. The molecule has 1 aliphatic carbocycles. The molecule has 0 N–H and O–H groups in total. The summed E-state index contributed by atoms with van der Waals surface area (Å²) in [7, 11) is 1.46. The molecule has 3 aromatic rings. The summed E-state index contributed by atoms with van der Waals surface area (Å²) < 4.78 is 0. The van der Waals surface area contributed by atoms with Crippen LogP contribution >= 0.6 is 17.2 Å². The minimum Gasteiger partial charge on any atom is -0.0869 e. The Balaban J connectivity index is 1.56. The van der Waals surface area contributed by atoms with Crippen LogP contribution in [0.5, 0.6) is 0 Å². The van der Waals surface area contributed by atoms with Crippen molar-refractivity contribution < 1.29 is 0 Å². The van der Waals surface area contributed by atoms with Gasteiger partial charge in [-0.25, -0.2) is 0 Å². The van der Waals surface area contributed by atoms with E-state index in [0.717, 1.165) is 8.58 Å². The molecule has 139 valence electrons. The summed E-state index contributed by atoms with van der Waals surface area (Å²) >= 11 is 0. The molecular weight excluding hydrogens is 374 g/mol. The highest BCUT2D eigenvalue weighted by Crippen LogP contribution is 2.45. The first kappa shape index (κ1) is 19.8. The van der Waals surface area contributed by atoms with Crippen LogP contribution in [0.1, 0.15) is 18.1 Å². The predicted octanol–water partition coefficient (Wildman–Crippen LogP) is 5.14. The summed E-state index contributed by atoms with van der Waals surface area (Å²) in [6, 6.07) is 28.6. The minimum atomic E-state index is 0.516. The minimum absolute atomic E-state index is 0.516. The van der Waals surface area contributed by atoms with Crippen molar-refractivity contribution in [3.8, 4) is 0 Å². The lowest BCUT2D eigenvalue weighted by molar-refractivity contribution is 0.968. The molecule has 0 aromatic heterocycles. The topological polar surface area (TPSA) is 0 Å². The maximum absolute atomic E-state index is 2.36. The molecule has 1 fully saturated rings. The molecule has 4 rings (SSSR count). The average molecular weight is 399 g/mol. The molecule has 0 aliphatic heterocycles. The third-order valence-corrected chi connectivity index (χ3v) is 7.70. The van der Waals surface area contributed by atoms with Gasteiger partial charge in [0.1, 0.15) is 0 Å². The Bertz CT molecular complexity index is 903. The normalized spacial score (nSPS) is 17.2. The summed E-state index contributed by atoms with van der Waals surface area (Å²) in [5, 5.41) is 4.26. The average Bonchev–Trinajstić information content (AvgIpc) is 3.19. The number of benzene rings is 3. The van der Waals surface area contributed by atoms with Crippen molar-refractivity contribution in [3.05, 3.63) is 121 Å². The quantitative estimate of drug-likeness (QED) is 0.504. The maximum Gasteiger partial charge on any atom is 0.0170 e. The Kier molecular flexibility index (Phi) is 6.61. The summed E-state index contributed by atoms with van der Waals surface area (Å²) in [6.45, 7) is 4.52. The lowest BCUT2D eigenvalue weighted by Crippen LogP contribution is -2.21. The van der Waals surface area contributed by atoms with Crippen LogP contribution in [0.3, 0.4) is 0 Å². The van der Waals surface area contributed by atoms with E-state index in [9.17, 15) is 0 Å². The SMILES string of the molecule is Cc1cccc(Pc2ccccc2[C]2[CH][CH][CH][C]2C(C)Pc2ccccc2)c1. The number of aryl methyl sites for hydroxylation is 1. The van der Waals surface area contributed by atoms with Crippen molar-refractivity contribution in [3.63, 3.8) is 0 Å². The fraction of sp³-hybridized carbons (Fsp3) is 0.115. The van der Waals surface area contributed by atoms with Crippen LogP contribution in [-0.4, -0.2) is 5.66 Å². The van der Waals surface area contributed by atoms with E-state index in [4.69, 9.17) is 0 Å². The van der Waals surface area contributed by atoms with Gasteiger partial charge in [-0.1, -0.05) is 109 Å².